The molecule has 2 aromatic carbocycles. The van der Waals surface area contributed by atoms with Gasteiger partial charge in [0, 0.05) is 5.69 Å². The van der Waals surface area contributed by atoms with E-state index in [4.69, 9.17) is 9.84 Å². The summed E-state index contributed by atoms with van der Waals surface area (Å²) in [6, 6.07) is 16.5. The lowest BCUT2D eigenvalue weighted by molar-refractivity contribution is -0.137. The highest BCUT2D eigenvalue weighted by atomic mass is 16.5. The number of hydrogen-bond donors (Lipinski definition) is 3. The molecule has 0 saturated carbocycles. The minimum Gasteiger partial charge on any atom is -0.480 e. The van der Waals surface area contributed by atoms with Crippen LogP contribution in [0.3, 0.4) is 0 Å². The lowest BCUT2D eigenvalue weighted by Crippen LogP contribution is -2.30. The Balaban J connectivity index is 1.68. The highest BCUT2D eigenvalue weighted by Crippen LogP contribution is 2.10. The summed E-state index contributed by atoms with van der Waals surface area (Å²) in [6.07, 6.45) is 0.320. The van der Waals surface area contributed by atoms with E-state index in [1.165, 1.54) is 0 Å². The maximum Gasteiger partial charge on any atom is 0.322 e. The predicted octanol–water partition coefficient (Wildman–Crippen LogP) is 1.98. The summed E-state index contributed by atoms with van der Waals surface area (Å²) < 4.78 is 5.48. The standard InChI is InChI=1S/C20H22N2O5/c23-18(10-11-27-14-16-4-2-1-3-5-16)22-17-8-6-15(7-9-17)12-19(24)21-13-20(25)26/h1-9H,10-14H2,(H,21,24)(H,22,23)(H,25,26). The van der Waals surface area contributed by atoms with Gasteiger partial charge in [-0.1, -0.05) is 42.5 Å². The Labute approximate surface area is 157 Å². The Kier molecular flexibility index (Phi) is 7.99. The van der Waals surface area contributed by atoms with Crippen molar-refractivity contribution in [2.24, 2.45) is 0 Å². The molecular weight excluding hydrogens is 348 g/mol. The Hall–Kier alpha value is -3.19. The second-order valence-electron chi connectivity index (χ2n) is 5.88. The second-order valence-corrected chi connectivity index (χ2v) is 5.88. The molecular formula is C20H22N2O5. The Bertz CT molecular complexity index is 760. The number of rotatable bonds is 10. The van der Waals surface area contributed by atoms with Crippen molar-refractivity contribution >= 4 is 23.5 Å². The van der Waals surface area contributed by atoms with Crippen molar-refractivity contribution in [1.82, 2.24) is 5.32 Å². The topological polar surface area (TPSA) is 105 Å². The highest BCUT2D eigenvalue weighted by Gasteiger charge is 2.06. The van der Waals surface area contributed by atoms with Crippen LogP contribution in [0.5, 0.6) is 0 Å². The van der Waals surface area contributed by atoms with Gasteiger partial charge in [-0.3, -0.25) is 14.4 Å². The maximum atomic E-state index is 11.9. The third-order valence-corrected chi connectivity index (χ3v) is 3.62. The molecule has 0 radical (unpaired) electrons. The number of ether oxygens (including phenoxy) is 1. The first kappa shape index (κ1) is 20.1. The minimum atomic E-state index is -1.09. The molecule has 7 nitrogen and oxygen atoms in total. The van der Waals surface area contributed by atoms with Gasteiger partial charge in [-0.25, -0.2) is 0 Å². The van der Waals surface area contributed by atoms with Crippen molar-refractivity contribution in [3.63, 3.8) is 0 Å². The first-order chi connectivity index (χ1) is 13.0. The molecule has 0 saturated heterocycles. The summed E-state index contributed by atoms with van der Waals surface area (Å²) >= 11 is 0. The summed E-state index contributed by atoms with van der Waals surface area (Å²) in [5, 5.41) is 13.6. The molecule has 142 valence electrons. The molecule has 0 atom stereocenters. The number of aliphatic carboxylic acids is 1. The molecule has 2 rings (SSSR count). The normalized spacial score (nSPS) is 10.2. The summed E-state index contributed by atoms with van der Waals surface area (Å²) in [5.41, 5.74) is 2.40. The van der Waals surface area contributed by atoms with Crippen molar-refractivity contribution in [2.45, 2.75) is 19.4 Å². The van der Waals surface area contributed by atoms with Crippen LogP contribution in [0.1, 0.15) is 17.5 Å². The van der Waals surface area contributed by atoms with Crippen molar-refractivity contribution < 1.29 is 24.2 Å². The summed E-state index contributed by atoms with van der Waals surface area (Å²) in [7, 11) is 0. The third kappa shape index (κ3) is 8.15. The van der Waals surface area contributed by atoms with Crippen LogP contribution in [-0.4, -0.2) is 36.0 Å². The Morgan fingerprint density at radius 2 is 1.59 bits per heavy atom. The quantitative estimate of drug-likeness (QED) is 0.555. The maximum absolute atomic E-state index is 11.9. The van der Waals surface area contributed by atoms with Crippen LogP contribution in [0.15, 0.2) is 54.6 Å². The van der Waals surface area contributed by atoms with Crippen molar-refractivity contribution in [3.8, 4) is 0 Å². The fourth-order valence-electron chi connectivity index (χ4n) is 2.28. The molecule has 0 unspecified atom stereocenters. The number of carbonyl (C=O) groups is 3. The molecule has 0 aromatic heterocycles. The average molecular weight is 370 g/mol. The number of carboxylic acid groups (broad SMARTS) is 1. The fraction of sp³-hybridized carbons (Fsp3) is 0.250. The second kappa shape index (κ2) is 10.7. The van der Waals surface area contributed by atoms with Crippen molar-refractivity contribution in [2.75, 3.05) is 18.5 Å². The number of nitrogens with one attached hydrogen (secondary N) is 2. The van der Waals surface area contributed by atoms with Crippen LogP contribution in [0.25, 0.3) is 0 Å². The monoisotopic (exact) mass is 370 g/mol. The average Bonchev–Trinajstić information content (AvgIpc) is 2.66. The van der Waals surface area contributed by atoms with Crippen LogP contribution in [0.2, 0.25) is 0 Å². The SMILES string of the molecule is O=C(O)CNC(=O)Cc1ccc(NC(=O)CCOCc2ccccc2)cc1. The van der Waals surface area contributed by atoms with Crippen LogP contribution >= 0.6 is 0 Å². The van der Waals surface area contributed by atoms with E-state index >= 15 is 0 Å². The minimum absolute atomic E-state index is 0.0782. The lowest BCUT2D eigenvalue weighted by atomic mass is 10.1. The number of carbonyl (C=O) groups excluding carboxylic acids is 2. The van der Waals surface area contributed by atoms with Crippen molar-refractivity contribution in [1.29, 1.82) is 0 Å². The molecule has 0 aliphatic carbocycles. The first-order valence-electron chi connectivity index (χ1n) is 8.52. The summed E-state index contributed by atoms with van der Waals surface area (Å²) in [4.78, 5) is 33.9. The van der Waals surface area contributed by atoms with Crippen LogP contribution in [0.4, 0.5) is 5.69 Å². The largest absolute Gasteiger partial charge is 0.480 e. The lowest BCUT2D eigenvalue weighted by Gasteiger charge is -2.08. The smallest absolute Gasteiger partial charge is 0.322 e. The summed E-state index contributed by atoms with van der Waals surface area (Å²) in [6.45, 7) is 0.384. The zero-order valence-electron chi connectivity index (χ0n) is 14.8. The first-order valence-corrected chi connectivity index (χ1v) is 8.52. The van der Waals surface area contributed by atoms with E-state index < -0.39 is 12.5 Å². The molecule has 2 aromatic rings. The van der Waals surface area contributed by atoms with Gasteiger partial charge in [-0.2, -0.15) is 0 Å². The van der Waals surface area contributed by atoms with E-state index in [1.807, 2.05) is 30.3 Å². The van der Waals surface area contributed by atoms with Gasteiger partial charge >= 0.3 is 5.97 Å². The number of benzene rings is 2. The number of anilines is 1. The number of carboxylic acids is 1. The van der Waals surface area contributed by atoms with E-state index in [0.29, 0.717) is 18.9 Å². The van der Waals surface area contributed by atoms with E-state index in [9.17, 15) is 14.4 Å². The predicted molar refractivity (Wildman–Crippen MR) is 100 cm³/mol. The van der Waals surface area contributed by atoms with Gasteiger partial charge in [0.2, 0.25) is 11.8 Å². The number of hydrogen-bond acceptors (Lipinski definition) is 4. The molecule has 3 N–H and O–H groups in total. The van der Waals surface area contributed by atoms with Gasteiger partial charge in [0.1, 0.15) is 6.54 Å². The molecule has 0 fully saturated rings. The fourth-order valence-corrected chi connectivity index (χ4v) is 2.28. The third-order valence-electron chi connectivity index (χ3n) is 3.62. The Morgan fingerprint density at radius 3 is 2.26 bits per heavy atom. The van der Waals surface area contributed by atoms with E-state index in [2.05, 4.69) is 10.6 Å². The van der Waals surface area contributed by atoms with Crippen LogP contribution in [-0.2, 0) is 32.1 Å². The summed E-state index contributed by atoms with van der Waals surface area (Å²) in [5.74, 6) is -1.62. The molecule has 2 amide bonds. The molecule has 0 bridgehead atoms. The van der Waals surface area contributed by atoms with Gasteiger partial charge in [-0.15, -0.1) is 0 Å². The van der Waals surface area contributed by atoms with Gasteiger partial charge in [0.05, 0.1) is 26.1 Å². The van der Waals surface area contributed by atoms with E-state index in [-0.39, 0.29) is 24.7 Å². The molecule has 0 aliphatic rings. The van der Waals surface area contributed by atoms with Crippen molar-refractivity contribution in [3.05, 3.63) is 65.7 Å². The van der Waals surface area contributed by atoms with Crippen LogP contribution in [0, 0.1) is 0 Å². The molecule has 0 spiro atoms. The van der Waals surface area contributed by atoms with Gasteiger partial charge in [0.15, 0.2) is 0 Å². The zero-order chi connectivity index (χ0) is 19.5. The number of amides is 2. The highest BCUT2D eigenvalue weighted by molar-refractivity contribution is 5.90. The van der Waals surface area contributed by atoms with Gasteiger partial charge < -0.3 is 20.5 Å². The van der Waals surface area contributed by atoms with E-state index in [0.717, 1.165) is 11.1 Å². The van der Waals surface area contributed by atoms with E-state index in [1.54, 1.807) is 24.3 Å². The van der Waals surface area contributed by atoms with Gasteiger partial charge in [-0.05, 0) is 23.3 Å². The molecule has 0 heterocycles. The molecule has 27 heavy (non-hydrogen) atoms. The molecule has 0 aliphatic heterocycles. The van der Waals surface area contributed by atoms with Crippen LogP contribution < -0.4 is 10.6 Å². The molecule has 7 heteroatoms. The van der Waals surface area contributed by atoms with Gasteiger partial charge in [0.25, 0.3) is 0 Å². The Morgan fingerprint density at radius 1 is 0.889 bits per heavy atom. The zero-order valence-corrected chi connectivity index (χ0v) is 14.8.